The van der Waals surface area contributed by atoms with Crippen LogP contribution in [0.1, 0.15) is 21.1 Å². The smallest absolute Gasteiger partial charge is 0.256 e. The molecule has 0 saturated carbocycles. The molecule has 2 aromatic heterocycles. The summed E-state index contributed by atoms with van der Waals surface area (Å²) in [6, 6.07) is 0. The van der Waals surface area contributed by atoms with Gasteiger partial charge in [-0.05, 0) is 6.92 Å². The number of anilines is 1. The molecule has 1 amide bonds. The van der Waals surface area contributed by atoms with E-state index in [2.05, 4.69) is 15.4 Å². The van der Waals surface area contributed by atoms with Crippen molar-refractivity contribution in [2.45, 2.75) is 13.5 Å². The molecule has 0 aliphatic carbocycles. The fraction of sp³-hybridized carbons (Fsp3) is 0.300. The van der Waals surface area contributed by atoms with E-state index < -0.39 is 0 Å². The molecule has 2 heterocycles. The maximum atomic E-state index is 11.8. The molecule has 0 aromatic carbocycles. The van der Waals surface area contributed by atoms with Crippen molar-refractivity contribution in [1.29, 1.82) is 0 Å². The average Bonchev–Trinajstić information content (AvgIpc) is 2.84. The summed E-state index contributed by atoms with van der Waals surface area (Å²) in [5, 5.41) is 9.57. The second-order valence-corrected chi connectivity index (χ2v) is 4.67. The molecule has 2 rings (SSSR count). The maximum Gasteiger partial charge on any atom is 0.256 e. The number of hydrogen-bond donors (Lipinski definition) is 2. The standard InChI is InChI=1S/C10H13N5OS/c1-6-14-7(5-17-6)3-12-10(16)8-4-13-15(2)9(8)11/h4-5H,3,11H2,1-2H3,(H,12,16). The molecular weight excluding hydrogens is 238 g/mol. The number of nitrogen functional groups attached to an aromatic ring is 1. The van der Waals surface area contributed by atoms with Gasteiger partial charge < -0.3 is 11.1 Å². The Morgan fingerprint density at radius 3 is 2.94 bits per heavy atom. The van der Waals surface area contributed by atoms with Gasteiger partial charge in [0.15, 0.2) is 0 Å². The summed E-state index contributed by atoms with van der Waals surface area (Å²) in [6.45, 7) is 2.33. The van der Waals surface area contributed by atoms with Crippen LogP contribution in [0.4, 0.5) is 5.82 Å². The van der Waals surface area contributed by atoms with E-state index in [4.69, 9.17) is 5.73 Å². The minimum atomic E-state index is -0.235. The molecule has 0 aliphatic heterocycles. The summed E-state index contributed by atoms with van der Waals surface area (Å²) in [4.78, 5) is 16.0. The Balaban J connectivity index is 2.00. The van der Waals surface area contributed by atoms with Gasteiger partial charge in [-0.15, -0.1) is 11.3 Å². The van der Waals surface area contributed by atoms with Crippen molar-refractivity contribution in [2.75, 3.05) is 5.73 Å². The van der Waals surface area contributed by atoms with E-state index >= 15 is 0 Å². The van der Waals surface area contributed by atoms with Crippen molar-refractivity contribution in [3.8, 4) is 0 Å². The van der Waals surface area contributed by atoms with Gasteiger partial charge in [0.2, 0.25) is 0 Å². The number of nitrogens with zero attached hydrogens (tertiary/aromatic N) is 3. The second-order valence-electron chi connectivity index (χ2n) is 3.61. The van der Waals surface area contributed by atoms with E-state index in [-0.39, 0.29) is 5.91 Å². The van der Waals surface area contributed by atoms with Crippen LogP contribution in [-0.4, -0.2) is 20.7 Å². The SMILES string of the molecule is Cc1nc(CNC(=O)c2cnn(C)c2N)cs1. The van der Waals surface area contributed by atoms with Gasteiger partial charge in [0.05, 0.1) is 23.4 Å². The van der Waals surface area contributed by atoms with Crippen molar-refractivity contribution in [2.24, 2.45) is 7.05 Å². The monoisotopic (exact) mass is 251 g/mol. The Morgan fingerprint density at radius 1 is 1.65 bits per heavy atom. The number of aryl methyl sites for hydroxylation is 2. The van der Waals surface area contributed by atoms with Gasteiger partial charge in [-0.2, -0.15) is 5.10 Å². The first-order valence-electron chi connectivity index (χ1n) is 5.04. The van der Waals surface area contributed by atoms with Crippen molar-refractivity contribution in [1.82, 2.24) is 20.1 Å². The Morgan fingerprint density at radius 2 is 2.41 bits per heavy atom. The lowest BCUT2D eigenvalue weighted by molar-refractivity contribution is 0.0951. The van der Waals surface area contributed by atoms with Crippen LogP contribution in [0.15, 0.2) is 11.6 Å². The molecule has 0 unspecified atom stereocenters. The molecule has 0 radical (unpaired) electrons. The van der Waals surface area contributed by atoms with Crippen LogP contribution in [0.5, 0.6) is 0 Å². The molecule has 0 bridgehead atoms. The quantitative estimate of drug-likeness (QED) is 0.840. The molecule has 0 spiro atoms. The van der Waals surface area contributed by atoms with Crippen molar-refractivity contribution in [3.63, 3.8) is 0 Å². The van der Waals surface area contributed by atoms with Crippen LogP contribution in [0, 0.1) is 6.92 Å². The van der Waals surface area contributed by atoms with Crippen LogP contribution in [0.3, 0.4) is 0 Å². The van der Waals surface area contributed by atoms with Crippen LogP contribution in [0.25, 0.3) is 0 Å². The molecule has 0 atom stereocenters. The van der Waals surface area contributed by atoms with E-state index in [1.54, 1.807) is 18.4 Å². The van der Waals surface area contributed by atoms with E-state index in [9.17, 15) is 4.79 Å². The van der Waals surface area contributed by atoms with Gasteiger partial charge in [-0.3, -0.25) is 9.48 Å². The summed E-state index contributed by atoms with van der Waals surface area (Å²) in [5.41, 5.74) is 6.94. The minimum absolute atomic E-state index is 0.235. The number of amides is 1. The fourth-order valence-corrected chi connectivity index (χ4v) is 1.99. The van der Waals surface area contributed by atoms with Crippen molar-refractivity contribution in [3.05, 3.63) is 27.8 Å². The zero-order valence-corrected chi connectivity index (χ0v) is 10.4. The number of aromatic nitrogens is 3. The Hall–Kier alpha value is -1.89. The lowest BCUT2D eigenvalue weighted by atomic mass is 10.3. The summed E-state index contributed by atoms with van der Waals surface area (Å²) >= 11 is 1.56. The molecule has 7 heteroatoms. The third kappa shape index (κ3) is 2.44. The normalized spacial score (nSPS) is 10.5. The van der Waals surface area contributed by atoms with Crippen LogP contribution in [0.2, 0.25) is 0 Å². The van der Waals surface area contributed by atoms with Crippen LogP contribution < -0.4 is 11.1 Å². The molecule has 90 valence electrons. The first kappa shape index (κ1) is 11.6. The molecule has 0 aliphatic rings. The van der Waals surface area contributed by atoms with Gasteiger partial charge in [0, 0.05) is 12.4 Å². The number of nitrogens with one attached hydrogen (secondary N) is 1. The number of carbonyl (C=O) groups excluding carboxylic acids is 1. The van der Waals surface area contributed by atoms with E-state index in [1.807, 2.05) is 12.3 Å². The van der Waals surface area contributed by atoms with Gasteiger partial charge in [0.25, 0.3) is 5.91 Å². The van der Waals surface area contributed by atoms with Crippen LogP contribution in [-0.2, 0) is 13.6 Å². The lowest BCUT2D eigenvalue weighted by Gasteiger charge is -2.02. The van der Waals surface area contributed by atoms with Gasteiger partial charge in [-0.1, -0.05) is 0 Å². The lowest BCUT2D eigenvalue weighted by Crippen LogP contribution is -2.23. The Bertz CT molecular complexity index is 545. The molecule has 2 aromatic rings. The summed E-state index contributed by atoms with van der Waals surface area (Å²) in [6.07, 6.45) is 1.46. The van der Waals surface area contributed by atoms with Crippen LogP contribution >= 0.6 is 11.3 Å². The van der Waals surface area contributed by atoms with E-state index in [1.165, 1.54) is 10.9 Å². The fourth-order valence-electron chi connectivity index (χ4n) is 1.38. The highest BCUT2D eigenvalue weighted by atomic mass is 32.1. The highest BCUT2D eigenvalue weighted by molar-refractivity contribution is 7.09. The second kappa shape index (κ2) is 4.54. The predicted octanol–water partition coefficient (Wildman–Crippen LogP) is 0.697. The predicted molar refractivity (Wildman–Crippen MR) is 65.6 cm³/mol. The summed E-state index contributed by atoms with van der Waals surface area (Å²) in [7, 11) is 1.69. The zero-order chi connectivity index (χ0) is 12.4. The van der Waals surface area contributed by atoms with Crippen molar-refractivity contribution >= 4 is 23.1 Å². The van der Waals surface area contributed by atoms with Gasteiger partial charge in [0.1, 0.15) is 11.4 Å². The largest absolute Gasteiger partial charge is 0.383 e. The number of carbonyl (C=O) groups is 1. The van der Waals surface area contributed by atoms with E-state index in [0.29, 0.717) is 17.9 Å². The molecule has 17 heavy (non-hydrogen) atoms. The Kier molecular flexibility index (Phi) is 3.10. The Labute approximate surface area is 102 Å². The van der Waals surface area contributed by atoms with E-state index in [0.717, 1.165) is 10.7 Å². The summed E-state index contributed by atoms with van der Waals surface area (Å²) < 4.78 is 1.46. The average molecular weight is 251 g/mol. The first-order chi connectivity index (χ1) is 8.08. The summed E-state index contributed by atoms with van der Waals surface area (Å²) in [5.74, 6) is 0.123. The molecule has 0 saturated heterocycles. The minimum Gasteiger partial charge on any atom is -0.383 e. The maximum absolute atomic E-state index is 11.8. The highest BCUT2D eigenvalue weighted by Crippen LogP contribution is 2.10. The molecule has 3 N–H and O–H groups in total. The van der Waals surface area contributed by atoms with Gasteiger partial charge in [-0.25, -0.2) is 4.98 Å². The number of thiazole rings is 1. The van der Waals surface area contributed by atoms with Gasteiger partial charge >= 0.3 is 0 Å². The molecule has 6 nitrogen and oxygen atoms in total. The highest BCUT2D eigenvalue weighted by Gasteiger charge is 2.13. The number of nitrogens with two attached hydrogens (primary N) is 1. The zero-order valence-electron chi connectivity index (χ0n) is 9.60. The number of rotatable bonds is 3. The molecule has 0 fully saturated rings. The third-order valence-corrected chi connectivity index (χ3v) is 3.15. The third-order valence-electron chi connectivity index (χ3n) is 2.33. The first-order valence-corrected chi connectivity index (χ1v) is 5.92. The topological polar surface area (TPSA) is 85.8 Å². The van der Waals surface area contributed by atoms with Crippen molar-refractivity contribution < 1.29 is 4.79 Å². The number of hydrogen-bond acceptors (Lipinski definition) is 5. The molecular formula is C10H13N5OS.